The highest BCUT2D eigenvalue weighted by atomic mass is 16.1. The highest BCUT2D eigenvalue weighted by Gasteiger charge is 2.18. The SMILES string of the molecule is O=C(CCCN1CCN(c2ccccn2)CC1)c1ccnc2ccccc12. The number of nitrogens with zero attached hydrogens (tertiary/aromatic N) is 4. The Morgan fingerprint density at radius 3 is 2.52 bits per heavy atom. The zero-order valence-corrected chi connectivity index (χ0v) is 15.4. The van der Waals surface area contributed by atoms with Gasteiger partial charge in [-0.25, -0.2) is 4.98 Å². The van der Waals surface area contributed by atoms with E-state index in [-0.39, 0.29) is 5.78 Å². The van der Waals surface area contributed by atoms with Crippen LogP contribution in [0.1, 0.15) is 23.2 Å². The van der Waals surface area contributed by atoms with Gasteiger partial charge in [0.15, 0.2) is 5.78 Å². The molecule has 5 heteroatoms. The Labute approximate surface area is 159 Å². The van der Waals surface area contributed by atoms with Crippen LogP contribution in [0.3, 0.4) is 0 Å². The molecule has 3 aromatic rings. The van der Waals surface area contributed by atoms with E-state index in [1.54, 1.807) is 6.20 Å². The summed E-state index contributed by atoms with van der Waals surface area (Å²) in [5.74, 6) is 1.26. The summed E-state index contributed by atoms with van der Waals surface area (Å²) < 4.78 is 0. The quantitative estimate of drug-likeness (QED) is 0.631. The van der Waals surface area contributed by atoms with Gasteiger partial charge in [0.2, 0.25) is 0 Å². The summed E-state index contributed by atoms with van der Waals surface area (Å²) in [6.07, 6.45) is 5.04. The first kappa shape index (κ1) is 17.6. The maximum atomic E-state index is 12.7. The maximum absolute atomic E-state index is 12.7. The first-order chi connectivity index (χ1) is 13.3. The summed E-state index contributed by atoms with van der Waals surface area (Å²) >= 11 is 0. The number of rotatable bonds is 6. The molecule has 0 unspecified atom stereocenters. The van der Waals surface area contributed by atoms with Crippen molar-refractivity contribution in [2.75, 3.05) is 37.6 Å². The summed E-state index contributed by atoms with van der Waals surface area (Å²) in [6.45, 7) is 4.97. The number of aromatic nitrogens is 2. The molecule has 27 heavy (non-hydrogen) atoms. The molecule has 1 aliphatic heterocycles. The monoisotopic (exact) mass is 360 g/mol. The number of benzene rings is 1. The van der Waals surface area contributed by atoms with Gasteiger partial charge in [-0.2, -0.15) is 0 Å². The van der Waals surface area contributed by atoms with Crippen molar-refractivity contribution in [1.29, 1.82) is 0 Å². The number of piperazine rings is 1. The van der Waals surface area contributed by atoms with Crippen LogP contribution in [0.2, 0.25) is 0 Å². The van der Waals surface area contributed by atoms with Gasteiger partial charge in [0.05, 0.1) is 5.52 Å². The Morgan fingerprint density at radius 1 is 0.889 bits per heavy atom. The predicted octanol–water partition coefficient (Wildman–Crippen LogP) is 3.41. The van der Waals surface area contributed by atoms with Gasteiger partial charge in [-0.1, -0.05) is 24.3 Å². The number of anilines is 1. The molecule has 0 spiro atoms. The molecule has 3 heterocycles. The molecular formula is C22H24N4O. The zero-order chi connectivity index (χ0) is 18.5. The fourth-order valence-electron chi connectivity index (χ4n) is 3.68. The van der Waals surface area contributed by atoms with Gasteiger partial charge in [-0.3, -0.25) is 14.7 Å². The summed E-state index contributed by atoms with van der Waals surface area (Å²) in [4.78, 5) is 26.2. The third-order valence-electron chi connectivity index (χ3n) is 5.17. The van der Waals surface area contributed by atoms with Crippen molar-refractivity contribution in [2.24, 2.45) is 0 Å². The van der Waals surface area contributed by atoms with E-state index in [0.29, 0.717) is 6.42 Å². The van der Waals surface area contributed by atoms with E-state index >= 15 is 0 Å². The van der Waals surface area contributed by atoms with Gasteiger partial charge in [0.1, 0.15) is 5.82 Å². The number of ketones is 1. The second kappa shape index (κ2) is 8.27. The van der Waals surface area contributed by atoms with Crippen molar-refractivity contribution >= 4 is 22.5 Å². The van der Waals surface area contributed by atoms with Gasteiger partial charge in [-0.05, 0) is 37.2 Å². The second-order valence-corrected chi connectivity index (χ2v) is 6.92. The first-order valence-electron chi connectivity index (χ1n) is 9.56. The summed E-state index contributed by atoms with van der Waals surface area (Å²) in [5.41, 5.74) is 1.68. The zero-order valence-electron chi connectivity index (χ0n) is 15.4. The van der Waals surface area contributed by atoms with E-state index in [2.05, 4.69) is 25.8 Å². The Morgan fingerprint density at radius 2 is 1.70 bits per heavy atom. The molecule has 5 nitrogen and oxygen atoms in total. The van der Waals surface area contributed by atoms with Crippen molar-refractivity contribution < 1.29 is 4.79 Å². The van der Waals surface area contributed by atoms with Crippen LogP contribution in [0.4, 0.5) is 5.82 Å². The molecule has 1 saturated heterocycles. The minimum absolute atomic E-state index is 0.209. The third-order valence-corrected chi connectivity index (χ3v) is 5.17. The lowest BCUT2D eigenvalue weighted by atomic mass is 10.0. The van der Waals surface area contributed by atoms with Gasteiger partial charge in [-0.15, -0.1) is 0 Å². The van der Waals surface area contributed by atoms with Crippen LogP contribution in [-0.2, 0) is 0 Å². The smallest absolute Gasteiger partial charge is 0.163 e. The number of carbonyl (C=O) groups excluding carboxylic acids is 1. The van der Waals surface area contributed by atoms with Crippen LogP contribution in [0.25, 0.3) is 10.9 Å². The van der Waals surface area contributed by atoms with Crippen LogP contribution < -0.4 is 4.90 Å². The topological polar surface area (TPSA) is 49.3 Å². The molecule has 2 aromatic heterocycles. The average Bonchev–Trinajstić information content (AvgIpc) is 2.74. The molecular weight excluding hydrogens is 336 g/mol. The normalized spacial score (nSPS) is 15.2. The van der Waals surface area contributed by atoms with E-state index in [4.69, 9.17) is 0 Å². The molecule has 4 rings (SSSR count). The molecule has 1 aromatic carbocycles. The van der Waals surface area contributed by atoms with E-state index < -0.39 is 0 Å². The molecule has 1 aliphatic rings. The number of Topliss-reactive ketones (excluding diaryl/α,β-unsaturated/α-hetero) is 1. The van der Waals surface area contributed by atoms with Gasteiger partial charge >= 0.3 is 0 Å². The second-order valence-electron chi connectivity index (χ2n) is 6.92. The molecule has 0 aliphatic carbocycles. The van der Waals surface area contributed by atoms with Gasteiger partial charge < -0.3 is 4.90 Å². The van der Waals surface area contributed by atoms with Crippen molar-refractivity contribution in [3.8, 4) is 0 Å². The lowest BCUT2D eigenvalue weighted by Crippen LogP contribution is -2.46. The number of para-hydroxylation sites is 1. The van der Waals surface area contributed by atoms with E-state index in [0.717, 1.165) is 61.4 Å². The number of carbonyl (C=O) groups is 1. The number of pyridine rings is 2. The predicted molar refractivity (Wildman–Crippen MR) is 108 cm³/mol. The molecule has 138 valence electrons. The number of hydrogen-bond acceptors (Lipinski definition) is 5. The van der Waals surface area contributed by atoms with E-state index in [1.165, 1.54) is 0 Å². The molecule has 1 fully saturated rings. The molecule has 0 atom stereocenters. The van der Waals surface area contributed by atoms with E-state index in [9.17, 15) is 4.79 Å². The fraction of sp³-hybridized carbons (Fsp3) is 0.318. The Kier molecular flexibility index (Phi) is 5.39. The van der Waals surface area contributed by atoms with Crippen LogP contribution in [0.5, 0.6) is 0 Å². The maximum Gasteiger partial charge on any atom is 0.163 e. The molecule has 0 N–H and O–H groups in total. The third kappa shape index (κ3) is 4.14. The highest BCUT2D eigenvalue weighted by molar-refractivity contribution is 6.07. The highest BCUT2D eigenvalue weighted by Crippen LogP contribution is 2.19. The van der Waals surface area contributed by atoms with Gasteiger partial charge in [0.25, 0.3) is 0 Å². The molecule has 0 radical (unpaired) electrons. The lowest BCUT2D eigenvalue weighted by molar-refractivity contribution is 0.0975. The largest absolute Gasteiger partial charge is 0.354 e. The minimum atomic E-state index is 0.209. The molecule has 0 amide bonds. The molecule has 0 bridgehead atoms. The van der Waals surface area contributed by atoms with Crippen molar-refractivity contribution in [3.63, 3.8) is 0 Å². The Hall–Kier alpha value is -2.79. The Balaban J connectivity index is 1.27. The first-order valence-corrected chi connectivity index (χ1v) is 9.56. The van der Waals surface area contributed by atoms with Crippen LogP contribution in [0.15, 0.2) is 60.9 Å². The molecule has 0 saturated carbocycles. The van der Waals surface area contributed by atoms with Crippen LogP contribution in [-0.4, -0.2) is 53.4 Å². The van der Waals surface area contributed by atoms with Crippen molar-refractivity contribution in [3.05, 3.63) is 66.5 Å². The number of hydrogen-bond donors (Lipinski definition) is 0. The lowest BCUT2D eigenvalue weighted by Gasteiger charge is -2.35. The van der Waals surface area contributed by atoms with E-state index in [1.807, 2.05) is 48.7 Å². The summed E-state index contributed by atoms with van der Waals surface area (Å²) in [5, 5.41) is 0.953. The summed E-state index contributed by atoms with van der Waals surface area (Å²) in [6, 6.07) is 15.7. The van der Waals surface area contributed by atoms with Crippen molar-refractivity contribution in [2.45, 2.75) is 12.8 Å². The van der Waals surface area contributed by atoms with Crippen LogP contribution >= 0.6 is 0 Å². The summed E-state index contributed by atoms with van der Waals surface area (Å²) in [7, 11) is 0. The Bertz CT molecular complexity index is 899. The average molecular weight is 360 g/mol. The minimum Gasteiger partial charge on any atom is -0.354 e. The standard InChI is InChI=1S/C22H24N4O/c27-21(19-10-12-23-20-7-2-1-6-18(19)20)8-5-13-25-14-16-26(17-15-25)22-9-3-4-11-24-22/h1-4,6-7,9-12H,5,8,13-17H2. The number of fused-ring (bicyclic) bond motifs is 1. The fourth-order valence-corrected chi connectivity index (χ4v) is 3.68. The van der Waals surface area contributed by atoms with Crippen LogP contribution in [0, 0.1) is 0 Å². The van der Waals surface area contributed by atoms with Crippen molar-refractivity contribution in [1.82, 2.24) is 14.9 Å². The van der Waals surface area contributed by atoms with Gasteiger partial charge in [0, 0.05) is 55.9 Å².